The van der Waals surface area contributed by atoms with Crippen molar-refractivity contribution >= 4 is 50.6 Å². The van der Waals surface area contributed by atoms with Crippen molar-refractivity contribution in [3.05, 3.63) is 50.2 Å². The Bertz CT molecular complexity index is 1570. The first-order chi connectivity index (χ1) is 15.6. The second-order valence-electron chi connectivity index (χ2n) is 7.04. The number of H-pyrrole nitrogens is 1. The first-order valence-corrected chi connectivity index (χ1v) is 10.1. The van der Waals surface area contributed by atoms with Crippen LogP contribution in [-0.2, 0) is 7.05 Å². The van der Waals surface area contributed by atoms with Crippen molar-refractivity contribution in [1.82, 2.24) is 10.3 Å². The number of nitrogens with one attached hydrogen (secondary N) is 2. The molecule has 0 aliphatic carbocycles. The Hall–Kier alpha value is -4.70. The van der Waals surface area contributed by atoms with Crippen molar-refractivity contribution in [3.8, 4) is 17.3 Å². The predicted molar refractivity (Wildman–Crippen MR) is 116 cm³/mol. The molecule has 0 radical (unpaired) electrons. The number of carboxylic acids is 1. The molecule has 3 heterocycles. The summed E-state index contributed by atoms with van der Waals surface area (Å²) in [6.45, 7) is 1.69. The van der Waals surface area contributed by atoms with Crippen molar-refractivity contribution in [3.63, 3.8) is 0 Å². The second kappa shape index (κ2) is 7.77. The van der Waals surface area contributed by atoms with Crippen LogP contribution in [0.25, 0.3) is 21.5 Å². The molecule has 33 heavy (non-hydrogen) atoms. The zero-order valence-electron chi connectivity index (χ0n) is 17.2. The molecule has 0 bridgehead atoms. The van der Waals surface area contributed by atoms with Gasteiger partial charge in [0.1, 0.15) is 27.2 Å². The van der Waals surface area contributed by atoms with E-state index in [-0.39, 0.29) is 54.7 Å². The van der Waals surface area contributed by atoms with E-state index in [1.807, 2.05) is 6.07 Å². The smallest absolute Gasteiger partial charge is 0.435 e. The fraction of sp³-hybridized carbons (Fsp3) is 0.100. The highest BCUT2D eigenvalue weighted by molar-refractivity contribution is 7.21. The summed E-state index contributed by atoms with van der Waals surface area (Å²) >= 11 is 0.906. The third-order valence-electron chi connectivity index (χ3n) is 4.99. The molecule has 166 valence electrons. The number of thiophene rings is 1. The number of carbonyl (C=O) groups is 2. The van der Waals surface area contributed by atoms with Gasteiger partial charge >= 0.3 is 11.3 Å². The van der Waals surface area contributed by atoms with Gasteiger partial charge in [-0.15, -0.1) is 11.3 Å². The van der Waals surface area contributed by atoms with Crippen molar-refractivity contribution in [2.24, 2.45) is 7.05 Å². The first kappa shape index (κ1) is 21.5. The third-order valence-corrected chi connectivity index (χ3v) is 6.08. The van der Waals surface area contributed by atoms with Crippen LogP contribution in [0, 0.1) is 18.3 Å². The van der Waals surface area contributed by atoms with Crippen LogP contribution in [0.15, 0.2) is 27.5 Å². The third kappa shape index (κ3) is 3.44. The second-order valence-corrected chi connectivity index (χ2v) is 8.04. The van der Waals surface area contributed by atoms with E-state index >= 15 is 0 Å². The molecular formula is C20H15N7O5S. The molecule has 3 aromatic heterocycles. The van der Waals surface area contributed by atoms with Gasteiger partial charge < -0.3 is 26.7 Å². The number of anilines is 3. The number of benzene rings is 1. The molecule has 0 saturated carbocycles. The average Bonchev–Trinajstić information content (AvgIpc) is 3.27. The molecule has 0 aliphatic rings. The number of hydrogen-bond acceptors (Lipinski definition) is 10. The summed E-state index contributed by atoms with van der Waals surface area (Å²) in [5.74, 6) is -2.17. The van der Waals surface area contributed by atoms with Gasteiger partial charge in [0.2, 0.25) is 0 Å². The number of nitriles is 1. The molecular weight excluding hydrogens is 450 g/mol. The Kier molecular flexibility index (Phi) is 5.07. The summed E-state index contributed by atoms with van der Waals surface area (Å²) in [4.78, 5) is 41.0. The number of nitrogen functional groups attached to an aromatic ring is 2. The number of amides is 1. The topological polar surface area (TPSA) is 208 Å². The number of hydrogen-bond donors (Lipinski definition) is 4. The largest absolute Gasteiger partial charge is 0.545 e. The minimum absolute atomic E-state index is 0.0270. The average molecular weight is 465 g/mol. The zero-order chi connectivity index (χ0) is 24.0. The van der Waals surface area contributed by atoms with Crippen LogP contribution in [0.2, 0.25) is 0 Å². The van der Waals surface area contributed by atoms with E-state index in [1.165, 1.54) is 29.9 Å². The van der Waals surface area contributed by atoms with Gasteiger partial charge in [-0.05, 0) is 29.4 Å². The van der Waals surface area contributed by atoms with Crippen molar-refractivity contribution < 1.29 is 23.9 Å². The molecule has 4 rings (SSSR count). The van der Waals surface area contributed by atoms with E-state index in [4.69, 9.17) is 16.0 Å². The fourth-order valence-corrected chi connectivity index (χ4v) is 4.37. The lowest BCUT2D eigenvalue weighted by molar-refractivity contribution is -0.730. The van der Waals surface area contributed by atoms with E-state index in [0.717, 1.165) is 11.3 Å². The maximum absolute atomic E-state index is 13.0. The molecule has 4 aromatic rings. The first-order valence-electron chi connectivity index (χ1n) is 9.26. The van der Waals surface area contributed by atoms with Crippen LogP contribution in [0.5, 0.6) is 0 Å². The van der Waals surface area contributed by atoms with Crippen LogP contribution in [0.4, 0.5) is 17.2 Å². The van der Waals surface area contributed by atoms with Crippen LogP contribution >= 0.6 is 11.3 Å². The minimum atomic E-state index is -1.39. The van der Waals surface area contributed by atoms with Gasteiger partial charge in [-0.2, -0.15) is 5.26 Å². The summed E-state index contributed by atoms with van der Waals surface area (Å²) in [6.07, 6.45) is 0. The lowest BCUT2D eigenvalue weighted by Gasteiger charge is -2.11. The Morgan fingerprint density at radius 2 is 2.09 bits per heavy atom. The number of carboxylic acid groups (broad SMARTS) is 1. The molecule has 1 aromatic carbocycles. The number of pyridine rings is 1. The molecule has 0 aliphatic heterocycles. The fourth-order valence-electron chi connectivity index (χ4n) is 3.36. The van der Waals surface area contributed by atoms with E-state index in [2.05, 4.69) is 15.6 Å². The van der Waals surface area contributed by atoms with Crippen molar-refractivity contribution in [2.75, 3.05) is 16.8 Å². The number of carbonyl (C=O) groups excluding carboxylic acids is 2. The van der Waals surface area contributed by atoms with Crippen molar-refractivity contribution in [1.29, 1.82) is 5.26 Å². The molecule has 0 spiro atoms. The zero-order valence-corrected chi connectivity index (χ0v) is 18.0. The Balaban J connectivity index is 1.91. The molecule has 0 atom stereocenters. The van der Waals surface area contributed by atoms with E-state index in [0.29, 0.717) is 5.56 Å². The standard InChI is InChI=1S/C20H15N7O5S/c1-7-3-4-8(19(29)30)5-10(7)24-17(28)15-13(22)12-11(14-20(31)32-26-27(14)2)9(6-21)16(23)25-18(12)33-15/h3-5H,1-2H3,(H6-,22,23,24,25,26,28,29,30,31). The van der Waals surface area contributed by atoms with Gasteiger partial charge in [0.15, 0.2) is 7.05 Å². The molecule has 13 heteroatoms. The highest BCUT2D eigenvalue weighted by Gasteiger charge is 2.32. The number of fused-ring (bicyclic) bond motifs is 1. The normalized spacial score (nSPS) is 10.8. The van der Waals surface area contributed by atoms with Crippen molar-refractivity contribution in [2.45, 2.75) is 6.92 Å². The van der Waals surface area contributed by atoms with Gasteiger partial charge in [0.05, 0.1) is 22.6 Å². The lowest BCUT2D eigenvalue weighted by Crippen LogP contribution is -2.34. The molecule has 12 nitrogen and oxygen atoms in total. The molecule has 0 saturated heterocycles. The predicted octanol–water partition coefficient (Wildman–Crippen LogP) is 0.0294. The van der Waals surface area contributed by atoms with Crippen LogP contribution in [0.3, 0.4) is 0 Å². The summed E-state index contributed by atoms with van der Waals surface area (Å²) in [7, 11) is 1.49. The summed E-state index contributed by atoms with van der Waals surface area (Å²) < 4.78 is 6.05. The maximum Gasteiger partial charge on any atom is 0.435 e. The minimum Gasteiger partial charge on any atom is -0.545 e. The lowest BCUT2D eigenvalue weighted by atomic mass is 10.0. The maximum atomic E-state index is 13.0. The molecule has 6 N–H and O–H groups in total. The number of aromatic carboxylic acids is 1. The number of nitrogens with two attached hydrogens (primary N) is 2. The Morgan fingerprint density at radius 1 is 1.36 bits per heavy atom. The Labute approximate surface area is 188 Å². The quantitative estimate of drug-likeness (QED) is 0.299. The van der Waals surface area contributed by atoms with E-state index in [1.54, 1.807) is 6.92 Å². The number of rotatable bonds is 4. The highest BCUT2D eigenvalue weighted by Crippen LogP contribution is 2.41. The van der Waals surface area contributed by atoms with Gasteiger partial charge in [0.25, 0.3) is 5.91 Å². The SMILES string of the molecule is Cc1ccc(C(=O)[O-])cc1NC(=O)c1sc2nc(N)c(C#N)c(-c3c(=O)o[nH][n+]3C)c2c1N. The molecule has 0 fully saturated rings. The molecule has 0 unspecified atom stereocenters. The van der Waals surface area contributed by atoms with E-state index in [9.17, 15) is 24.8 Å². The van der Waals surface area contributed by atoms with Gasteiger partial charge in [0, 0.05) is 5.69 Å². The number of nitrogens with zero attached hydrogens (tertiary/aromatic N) is 3. The van der Waals surface area contributed by atoms with Crippen LogP contribution in [-0.4, -0.2) is 22.1 Å². The summed E-state index contributed by atoms with van der Waals surface area (Å²) in [6, 6.07) is 6.08. The van der Waals surface area contributed by atoms with Gasteiger partial charge in [-0.1, -0.05) is 16.8 Å². The summed E-state index contributed by atoms with van der Waals surface area (Å²) in [5, 5.41) is 26.0. The van der Waals surface area contributed by atoms with Gasteiger partial charge in [-0.25, -0.2) is 9.78 Å². The Morgan fingerprint density at radius 3 is 2.70 bits per heavy atom. The van der Waals surface area contributed by atoms with Gasteiger partial charge in [-0.3, -0.25) is 9.32 Å². The van der Waals surface area contributed by atoms with Crippen LogP contribution < -0.4 is 32.2 Å². The summed E-state index contributed by atoms with van der Waals surface area (Å²) in [5.41, 5.74) is 12.2. The highest BCUT2D eigenvalue weighted by atomic mass is 32.1. The number of aromatic amines is 1. The monoisotopic (exact) mass is 465 g/mol. The van der Waals surface area contributed by atoms with E-state index < -0.39 is 17.5 Å². The number of aryl methyl sites for hydroxylation is 2. The number of aromatic nitrogens is 3. The van der Waals surface area contributed by atoms with Crippen LogP contribution in [0.1, 0.15) is 31.2 Å². The molecule has 1 amide bonds.